The molecule has 2 nitrogen and oxygen atoms in total. The highest BCUT2D eigenvalue weighted by Gasteiger charge is 2.13. The van der Waals surface area contributed by atoms with Gasteiger partial charge in [0.15, 0.2) is 0 Å². The summed E-state index contributed by atoms with van der Waals surface area (Å²) >= 11 is 0. The maximum atomic E-state index is 5.50. The lowest BCUT2D eigenvalue weighted by Gasteiger charge is -2.23. The summed E-state index contributed by atoms with van der Waals surface area (Å²) in [5, 5.41) is 3.52. The van der Waals surface area contributed by atoms with Crippen molar-refractivity contribution < 1.29 is 4.74 Å². The Morgan fingerprint density at radius 2 is 1.86 bits per heavy atom. The van der Waals surface area contributed by atoms with Crippen LogP contribution < -0.4 is 5.32 Å². The molecule has 0 rings (SSSR count). The molecule has 2 heteroatoms. The molecule has 0 saturated carbocycles. The van der Waals surface area contributed by atoms with Gasteiger partial charge in [0.2, 0.25) is 0 Å². The van der Waals surface area contributed by atoms with Crippen molar-refractivity contribution in [3.05, 3.63) is 0 Å². The lowest BCUT2D eigenvalue weighted by atomic mass is 9.96. The van der Waals surface area contributed by atoms with Gasteiger partial charge in [0.25, 0.3) is 0 Å². The van der Waals surface area contributed by atoms with Gasteiger partial charge in [-0.15, -0.1) is 0 Å². The van der Waals surface area contributed by atoms with Crippen molar-refractivity contribution in [2.75, 3.05) is 19.8 Å². The number of nitrogens with one attached hydrogen (secondary N) is 1. The van der Waals surface area contributed by atoms with Crippen molar-refractivity contribution in [2.24, 2.45) is 5.92 Å². The molecule has 0 fully saturated rings. The average Bonchev–Trinajstić information content (AvgIpc) is 2.20. The Balaban J connectivity index is 3.52. The zero-order valence-corrected chi connectivity index (χ0v) is 10.3. The summed E-state index contributed by atoms with van der Waals surface area (Å²) < 4.78 is 5.50. The van der Waals surface area contributed by atoms with E-state index in [4.69, 9.17) is 4.74 Å². The monoisotopic (exact) mass is 201 g/mol. The minimum absolute atomic E-state index is 0.658. The molecule has 2 atom stereocenters. The molecule has 14 heavy (non-hydrogen) atoms. The molecule has 0 aromatic carbocycles. The van der Waals surface area contributed by atoms with Gasteiger partial charge in [-0.2, -0.15) is 0 Å². The van der Waals surface area contributed by atoms with Crippen molar-refractivity contribution in [1.82, 2.24) is 5.32 Å². The summed E-state index contributed by atoms with van der Waals surface area (Å²) in [4.78, 5) is 0. The van der Waals surface area contributed by atoms with E-state index in [-0.39, 0.29) is 0 Å². The molecule has 0 aliphatic heterocycles. The largest absolute Gasteiger partial charge is 0.381 e. The summed E-state index contributed by atoms with van der Waals surface area (Å²) in [7, 11) is 0. The summed E-state index contributed by atoms with van der Waals surface area (Å²) in [6.45, 7) is 11.8. The van der Waals surface area contributed by atoms with Gasteiger partial charge < -0.3 is 10.1 Å². The lowest BCUT2D eigenvalue weighted by molar-refractivity contribution is 0.116. The van der Waals surface area contributed by atoms with Gasteiger partial charge in [-0.25, -0.2) is 0 Å². The Bertz CT molecular complexity index is 117. The third-order valence-electron chi connectivity index (χ3n) is 2.66. The third-order valence-corrected chi connectivity index (χ3v) is 2.66. The molecule has 0 aromatic rings. The third kappa shape index (κ3) is 6.39. The molecular weight excluding hydrogens is 174 g/mol. The normalized spacial score (nSPS) is 15.4. The molecule has 1 N–H and O–H groups in total. The smallest absolute Gasteiger partial charge is 0.0469 e. The molecule has 0 radical (unpaired) electrons. The predicted molar refractivity (Wildman–Crippen MR) is 62.6 cm³/mol. The second-order valence-electron chi connectivity index (χ2n) is 3.95. The van der Waals surface area contributed by atoms with E-state index in [1.807, 2.05) is 0 Å². The number of rotatable bonds is 9. The SMILES string of the molecule is CCCOCCC(C)C(CC)NCC. The van der Waals surface area contributed by atoms with Crippen LogP contribution in [0.4, 0.5) is 0 Å². The van der Waals surface area contributed by atoms with E-state index in [2.05, 4.69) is 33.0 Å². The van der Waals surface area contributed by atoms with Gasteiger partial charge in [0.05, 0.1) is 0 Å². The van der Waals surface area contributed by atoms with E-state index >= 15 is 0 Å². The van der Waals surface area contributed by atoms with Crippen LogP contribution in [0.2, 0.25) is 0 Å². The molecule has 0 aromatic heterocycles. The van der Waals surface area contributed by atoms with Crippen molar-refractivity contribution in [3.8, 4) is 0 Å². The van der Waals surface area contributed by atoms with Crippen LogP contribution in [0.3, 0.4) is 0 Å². The number of hydrogen-bond donors (Lipinski definition) is 1. The molecule has 0 aliphatic rings. The van der Waals surface area contributed by atoms with E-state index in [0.717, 1.165) is 32.1 Å². The first-order chi connectivity index (χ1) is 6.76. The van der Waals surface area contributed by atoms with Gasteiger partial charge in [-0.1, -0.05) is 27.7 Å². The average molecular weight is 201 g/mol. The first-order valence-electron chi connectivity index (χ1n) is 6.07. The van der Waals surface area contributed by atoms with Crippen LogP contribution in [-0.4, -0.2) is 25.8 Å². The fourth-order valence-electron chi connectivity index (χ4n) is 1.73. The molecule has 0 aliphatic carbocycles. The Kier molecular flexibility index (Phi) is 9.42. The second kappa shape index (κ2) is 9.47. The van der Waals surface area contributed by atoms with Crippen LogP contribution in [0.1, 0.15) is 47.0 Å². The summed E-state index contributed by atoms with van der Waals surface area (Å²) in [6.07, 6.45) is 3.51. The molecule has 0 amide bonds. The highest BCUT2D eigenvalue weighted by molar-refractivity contribution is 4.70. The number of ether oxygens (including phenoxy) is 1. The van der Waals surface area contributed by atoms with E-state index < -0.39 is 0 Å². The van der Waals surface area contributed by atoms with E-state index in [9.17, 15) is 0 Å². The Morgan fingerprint density at radius 1 is 1.14 bits per heavy atom. The summed E-state index contributed by atoms with van der Waals surface area (Å²) in [5.74, 6) is 0.719. The van der Waals surface area contributed by atoms with Gasteiger partial charge >= 0.3 is 0 Å². The second-order valence-corrected chi connectivity index (χ2v) is 3.95. The molecule has 86 valence electrons. The van der Waals surface area contributed by atoms with E-state index in [1.54, 1.807) is 0 Å². The topological polar surface area (TPSA) is 21.3 Å². The fourth-order valence-corrected chi connectivity index (χ4v) is 1.73. The van der Waals surface area contributed by atoms with Gasteiger partial charge in [-0.3, -0.25) is 0 Å². The molecule has 0 heterocycles. The van der Waals surface area contributed by atoms with Crippen LogP contribution in [0.5, 0.6) is 0 Å². The molecule has 2 unspecified atom stereocenters. The van der Waals surface area contributed by atoms with Crippen LogP contribution in [0, 0.1) is 5.92 Å². The van der Waals surface area contributed by atoms with Crippen molar-refractivity contribution >= 4 is 0 Å². The van der Waals surface area contributed by atoms with Crippen LogP contribution in [-0.2, 0) is 4.74 Å². The van der Waals surface area contributed by atoms with Gasteiger partial charge in [-0.05, 0) is 31.7 Å². The van der Waals surface area contributed by atoms with E-state index in [0.29, 0.717) is 6.04 Å². The van der Waals surface area contributed by atoms with Crippen molar-refractivity contribution in [3.63, 3.8) is 0 Å². The van der Waals surface area contributed by atoms with Gasteiger partial charge in [0.1, 0.15) is 0 Å². The predicted octanol–water partition coefficient (Wildman–Crippen LogP) is 2.83. The maximum Gasteiger partial charge on any atom is 0.0469 e. The standard InChI is InChI=1S/C12H27NO/c1-5-9-14-10-8-11(4)12(6-2)13-7-3/h11-13H,5-10H2,1-4H3. The van der Waals surface area contributed by atoms with Gasteiger partial charge in [0, 0.05) is 19.3 Å². The van der Waals surface area contributed by atoms with Crippen LogP contribution in [0.25, 0.3) is 0 Å². The number of hydrogen-bond acceptors (Lipinski definition) is 2. The van der Waals surface area contributed by atoms with Crippen LogP contribution in [0.15, 0.2) is 0 Å². The lowest BCUT2D eigenvalue weighted by Crippen LogP contribution is -2.34. The molecular formula is C12H27NO. The summed E-state index contributed by atoms with van der Waals surface area (Å²) in [6, 6.07) is 0.658. The van der Waals surface area contributed by atoms with E-state index in [1.165, 1.54) is 12.8 Å². The highest BCUT2D eigenvalue weighted by atomic mass is 16.5. The fraction of sp³-hybridized carbons (Fsp3) is 1.00. The Morgan fingerprint density at radius 3 is 2.36 bits per heavy atom. The minimum atomic E-state index is 0.658. The first kappa shape index (κ1) is 13.9. The molecule has 0 spiro atoms. The highest BCUT2D eigenvalue weighted by Crippen LogP contribution is 2.11. The Hall–Kier alpha value is -0.0800. The zero-order chi connectivity index (χ0) is 10.8. The van der Waals surface area contributed by atoms with Crippen molar-refractivity contribution in [1.29, 1.82) is 0 Å². The van der Waals surface area contributed by atoms with Crippen LogP contribution >= 0.6 is 0 Å². The summed E-state index contributed by atoms with van der Waals surface area (Å²) in [5.41, 5.74) is 0. The Labute approximate surface area is 89.4 Å². The molecule has 0 saturated heterocycles. The molecule has 0 bridgehead atoms. The minimum Gasteiger partial charge on any atom is -0.381 e. The quantitative estimate of drug-likeness (QED) is 0.579. The van der Waals surface area contributed by atoms with Crippen molar-refractivity contribution in [2.45, 2.75) is 53.0 Å². The zero-order valence-electron chi connectivity index (χ0n) is 10.3. The first-order valence-corrected chi connectivity index (χ1v) is 6.07. The maximum absolute atomic E-state index is 5.50.